The Morgan fingerprint density at radius 1 is 1.07 bits per heavy atom. The molecule has 0 aromatic rings. The van der Waals surface area contributed by atoms with Gasteiger partial charge in [0.15, 0.2) is 0 Å². The second kappa shape index (κ2) is 9.90. The summed E-state index contributed by atoms with van der Waals surface area (Å²) in [5.41, 5.74) is 0. The van der Waals surface area contributed by atoms with Crippen LogP contribution < -0.4 is 10.6 Å². The van der Waals surface area contributed by atoms with Crippen LogP contribution >= 0.6 is 12.2 Å². The molecular formula is C11H22N2OS. The van der Waals surface area contributed by atoms with Crippen molar-refractivity contribution in [3.63, 3.8) is 0 Å². The molecule has 0 aromatic carbocycles. The molecule has 0 bridgehead atoms. The predicted octanol–water partition coefficient (Wildman–Crippen LogP) is 2.01. The van der Waals surface area contributed by atoms with Crippen LogP contribution in [0, 0.1) is 0 Å². The van der Waals surface area contributed by atoms with Crippen LogP contribution in [0.15, 0.2) is 0 Å². The van der Waals surface area contributed by atoms with Crippen LogP contribution in [-0.4, -0.2) is 24.0 Å². The summed E-state index contributed by atoms with van der Waals surface area (Å²) in [6, 6.07) is 0. The second-order valence-corrected chi connectivity index (χ2v) is 4.08. The molecule has 0 aliphatic rings. The predicted molar refractivity (Wildman–Crippen MR) is 68.0 cm³/mol. The van der Waals surface area contributed by atoms with Gasteiger partial charge in [-0.25, -0.2) is 0 Å². The van der Waals surface area contributed by atoms with Crippen LogP contribution in [0.2, 0.25) is 0 Å². The quantitative estimate of drug-likeness (QED) is 0.495. The van der Waals surface area contributed by atoms with Gasteiger partial charge < -0.3 is 10.6 Å². The highest BCUT2D eigenvalue weighted by Gasteiger charge is 2.03. The fourth-order valence-electron chi connectivity index (χ4n) is 1.08. The van der Waals surface area contributed by atoms with Crippen molar-refractivity contribution in [3.8, 4) is 0 Å². The third-order valence-corrected chi connectivity index (χ3v) is 2.31. The minimum atomic E-state index is 0.0254. The number of hydrogen-bond donors (Lipinski definition) is 2. The molecule has 0 radical (unpaired) electrons. The molecule has 88 valence electrons. The third kappa shape index (κ3) is 9.66. The van der Waals surface area contributed by atoms with E-state index in [-0.39, 0.29) is 5.91 Å². The molecule has 3 nitrogen and oxygen atoms in total. The molecule has 0 unspecified atom stereocenters. The molecule has 0 aliphatic carbocycles. The molecule has 0 saturated heterocycles. The van der Waals surface area contributed by atoms with Crippen molar-refractivity contribution in [3.05, 3.63) is 0 Å². The van der Waals surface area contributed by atoms with E-state index < -0.39 is 0 Å². The first kappa shape index (κ1) is 14.4. The zero-order chi connectivity index (χ0) is 11.5. The third-order valence-electron chi connectivity index (χ3n) is 2.03. The number of hydrogen-bond acceptors (Lipinski definition) is 2. The molecule has 0 atom stereocenters. The van der Waals surface area contributed by atoms with Gasteiger partial charge in [0.25, 0.3) is 0 Å². The fourth-order valence-corrected chi connectivity index (χ4v) is 1.31. The fraction of sp³-hybridized carbons (Fsp3) is 0.818. The average Bonchev–Trinajstić information content (AvgIpc) is 2.18. The monoisotopic (exact) mass is 230 g/mol. The second-order valence-electron chi connectivity index (χ2n) is 3.58. The highest BCUT2D eigenvalue weighted by Crippen LogP contribution is 1.89. The molecule has 0 saturated carbocycles. The lowest BCUT2D eigenvalue weighted by molar-refractivity contribution is -0.119. The van der Waals surface area contributed by atoms with Crippen molar-refractivity contribution in [2.75, 3.05) is 13.1 Å². The summed E-state index contributed by atoms with van der Waals surface area (Å²) in [5.74, 6) is 0.0254. The summed E-state index contributed by atoms with van der Waals surface area (Å²) < 4.78 is 0. The van der Waals surface area contributed by atoms with E-state index >= 15 is 0 Å². The first-order chi connectivity index (χ1) is 7.20. The van der Waals surface area contributed by atoms with Crippen molar-refractivity contribution in [1.82, 2.24) is 10.6 Å². The van der Waals surface area contributed by atoms with E-state index in [1.807, 2.05) is 0 Å². The van der Waals surface area contributed by atoms with Gasteiger partial charge in [0, 0.05) is 13.1 Å². The molecule has 2 N–H and O–H groups in total. The maximum absolute atomic E-state index is 11.3. The Morgan fingerprint density at radius 3 is 2.13 bits per heavy atom. The molecule has 0 aliphatic heterocycles. The molecule has 15 heavy (non-hydrogen) atoms. The molecule has 0 fully saturated rings. The Bertz CT molecular complexity index is 175. The van der Waals surface area contributed by atoms with Gasteiger partial charge in [0.1, 0.15) is 0 Å². The Balaban J connectivity index is 3.45. The summed E-state index contributed by atoms with van der Waals surface area (Å²) in [6.07, 6.45) is 4.68. The van der Waals surface area contributed by atoms with Crippen molar-refractivity contribution in [2.24, 2.45) is 0 Å². The van der Waals surface area contributed by atoms with E-state index in [0.717, 1.165) is 38.8 Å². The topological polar surface area (TPSA) is 41.1 Å². The van der Waals surface area contributed by atoms with Gasteiger partial charge in [0.2, 0.25) is 5.91 Å². The number of unbranched alkanes of at least 4 members (excludes halogenated alkanes) is 2. The number of thiocarbonyl (C=S) groups is 1. The van der Waals surface area contributed by atoms with Gasteiger partial charge in [-0.3, -0.25) is 4.79 Å². The lowest BCUT2D eigenvalue weighted by Gasteiger charge is -2.07. The lowest BCUT2D eigenvalue weighted by atomic mass is 10.3. The van der Waals surface area contributed by atoms with E-state index in [2.05, 4.69) is 24.5 Å². The van der Waals surface area contributed by atoms with Gasteiger partial charge in [-0.05, 0) is 12.8 Å². The maximum Gasteiger partial charge on any atom is 0.226 e. The van der Waals surface area contributed by atoms with Crippen molar-refractivity contribution < 1.29 is 4.79 Å². The summed E-state index contributed by atoms with van der Waals surface area (Å²) in [5, 5.41) is 5.91. The van der Waals surface area contributed by atoms with E-state index in [1.54, 1.807) is 0 Å². The van der Waals surface area contributed by atoms with Gasteiger partial charge in [-0.1, -0.05) is 38.9 Å². The van der Waals surface area contributed by atoms with Crippen molar-refractivity contribution in [2.45, 2.75) is 46.0 Å². The highest BCUT2D eigenvalue weighted by molar-refractivity contribution is 7.80. The van der Waals surface area contributed by atoms with Gasteiger partial charge in [-0.15, -0.1) is 0 Å². The minimum Gasteiger partial charge on any atom is -0.379 e. The normalized spacial score (nSPS) is 9.73. The first-order valence-corrected chi connectivity index (χ1v) is 6.14. The summed E-state index contributed by atoms with van der Waals surface area (Å²) >= 11 is 5.05. The Kier molecular flexibility index (Phi) is 9.48. The number of amides is 1. The Labute approximate surface area is 98.0 Å². The van der Waals surface area contributed by atoms with Crippen LogP contribution in [-0.2, 0) is 4.79 Å². The van der Waals surface area contributed by atoms with Gasteiger partial charge in [-0.2, -0.15) is 0 Å². The van der Waals surface area contributed by atoms with Crippen LogP contribution in [0.3, 0.4) is 0 Å². The maximum atomic E-state index is 11.3. The largest absolute Gasteiger partial charge is 0.379 e. The number of carbonyl (C=O) groups is 1. The molecule has 0 spiro atoms. The van der Waals surface area contributed by atoms with Crippen LogP contribution in [0.4, 0.5) is 0 Å². The van der Waals surface area contributed by atoms with Gasteiger partial charge >= 0.3 is 0 Å². The molecule has 1 amide bonds. The van der Waals surface area contributed by atoms with Crippen molar-refractivity contribution in [1.29, 1.82) is 0 Å². The molecular weight excluding hydrogens is 208 g/mol. The molecule has 4 heteroatoms. The zero-order valence-electron chi connectivity index (χ0n) is 9.77. The lowest BCUT2D eigenvalue weighted by Crippen LogP contribution is -2.31. The van der Waals surface area contributed by atoms with Crippen LogP contribution in [0.1, 0.15) is 46.0 Å². The van der Waals surface area contributed by atoms with Crippen LogP contribution in [0.5, 0.6) is 0 Å². The number of nitrogens with one attached hydrogen (secondary N) is 2. The standard InChI is InChI=1S/C11H22N2OS/c1-3-5-7-12-10(14)9-11(15)13-8-6-4-2/h3-9H2,1-2H3,(H,12,14)(H,13,15). The SMILES string of the molecule is CCCCNC(=O)CC(=S)NCCCC. The summed E-state index contributed by atoms with van der Waals surface area (Å²) in [7, 11) is 0. The Morgan fingerprint density at radius 2 is 1.60 bits per heavy atom. The first-order valence-electron chi connectivity index (χ1n) is 5.74. The molecule has 0 rings (SSSR count). The number of carbonyl (C=O) groups excluding carboxylic acids is 1. The molecule has 0 aromatic heterocycles. The van der Waals surface area contributed by atoms with E-state index in [1.165, 1.54) is 0 Å². The van der Waals surface area contributed by atoms with Crippen molar-refractivity contribution >= 4 is 23.1 Å². The van der Waals surface area contributed by atoms with E-state index in [4.69, 9.17) is 12.2 Å². The van der Waals surface area contributed by atoms with E-state index in [9.17, 15) is 4.79 Å². The van der Waals surface area contributed by atoms with Crippen LogP contribution in [0.25, 0.3) is 0 Å². The highest BCUT2D eigenvalue weighted by atomic mass is 32.1. The Hall–Kier alpha value is -0.640. The smallest absolute Gasteiger partial charge is 0.226 e. The minimum absolute atomic E-state index is 0.0254. The number of rotatable bonds is 8. The molecule has 0 heterocycles. The van der Waals surface area contributed by atoms with E-state index in [0.29, 0.717) is 11.4 Å². The summed E-state index contributed by atoms with van der Waals surface area (Å²) in [4.78, 5) is 12.0. The zero-order valence-corrected chi connectivity index (χ0v) is 10.6. The van der Waals surface area contributed by atoms with Gasteiger partial charge in [0.05, 0.1) is 11.4 Å². The average molecular weight is 230 g/mol. The summed E-state index contributed by atoms with van der Waals surface area (Å²) in [6.45, 7) is 5.86.